The van der Waals surface area contributed by atoms with Gasteiger partial charge in [-0.25, -0.2) is 9.59 Å². The van der Waals surface area contributed by atoms with Crippen molar-refractivity contribution in [2.45, 2.75) is 20.0 Å². The summed E-state index contributed by atoms with van der Waals surface area (Å²) in [5.41, 5.74) is -0.188. The quantitative estimate of drug-likeness (QED) is 0.389. The van der Waals surface area contributed by atoms with Crippen molar-refractivity contribution in [2.24, 2.45) is 0 Å². The van der Waals surface area contributed by atoms with E-state index in [4.69, 9.17) is 14.9 Å². The maximum atomic E-state index is 11.0. The van der Waals surface area contributed by atoms with E-state index in [1.54, 1.807) is 6.92 Å². The molecule has 6 heteroatoms. The Morgan fingerprint density at radius 1 is 1.27 bits per heavy atom. The monoisotopic (exact) mass is 217 g/mol. The van der Waals surface area contributed by atoms with Crippen molar-refractivity contribution < 1.29 is 23.8 Å². The molecule has 6 nitrogen and oxygen atoms in total. The van der Waals surface area contributed by atoms with Crippen LogP contribution in [0.5, 0.6) is 0 Å². The summed E-state index contributed by atoms with van der Waals surface area (Å²) in [6.07, 6.45) is -0.634. The van der Waals surface area contributed by atoms with Crippen LogP contribution in [-0.4, -0.2) is 44.1 Å². The number of rotatable bonds is 6. The van der Waals surface area contributed by atoms with Crippen molar-refractivity contribution in [1.82, 2.24) is 0 Å². The van der Waals surface area contributed by atoms with Crippen LogP contribution < -0.4 is 0 Å². The number of esters is 2. The van der Waals surface area contributed by atoms with Crippen molar-refractivity contribution in [3.05, 3.63) is 0 Å². The van der Waals surface area contributed by atoms with E-state index in [9.17, 15) is 9.59 Å². The summed E-state index contributed by atoms with van der Waals surface area (Å²) in [6.45, 7) is 2.78. The number of nitrogens with one attached hydrogen (secondary N) is 1. The zero-order chi connectivity index (χ0) is 11.8. The highest BCUT2D eigenvalue weighted by molar-refractivity contribution is 6.33. The Bertz CT molecular complexity index is 251. The molecular formula is C9H15NO5. The molecule has 0 radical (unpaired) electrons. The minimum Gasteiger partial charge on any atom is -0.460 e. The van der Waals surface area contributed by atoms with Gasteiger partial charge in [0, 0.05) is 7.11 Å². The first kappa shape index (κ1) is 13.6. The van der Waals surface area contributed by atoms with Crippen LogP contribution in [0.15, 0.2) is 0 Å². The number of carbonyl (C=O) groups excluding carboxylic acids is 2. The number of hydrogen-bond acceptors (Lipinski definition) is 6. The molecule has 1 unspecified atom stereocenters. The average Bonchev–Trinajstić information content (AvgIpc) is 2.22. The lowest BCUT2D eigenvalue weighted by Crippen LogP contribution is -2.24. The molecular weight excluding hydrogens is 202 g/mol. The highest BCUT2D eigenvalue weighted by Crippen LogP contribution is 1.92. The van der Waals surface area contributed by atoms with Gasteiger partial charge in [0.05, 0.1) is 0 Å². The Labute approximate surface area is 88.0 Å². The summed E-state index contributed by atoms with van der Waals surface area (Å²) in [5, 5.41) is 6.92. The lowest BCUT2D eigenvalue weighted by atomic mass is 10.4. The first-order valence-electron chi connectivity index (χ1n) is 4.40. The standard InChI is InChI=1S/C9H15NO5/c1-6(10)8(11)14-4-5-15-9(12)7(2)13-3/h7,10H,4-5H2,1-3H3. The first-order valence-corrected chi connectivity index (χ1v) is 4.40. The zero-order valence-electron chi connectivity index (χ0n) is 9.03. The summed E-state index contributed by atoms with van der Waals surface area (Å²) in [4.78, 5) is 21.8. The van der Waals surface area contributed by atoms with E-state index in [0.717, 1.165) is 0 Å². The Morgan fingerprint density at radius 3 is 2.27 bits per heavy atom. The van der Waals surface area contributed by atoms with Crippen LogP contribution >= 0.6 is 0 Å². The lowest BCUT2D eigenvalue weighted by Gasteiger charge is -2.09. The van der Waals surface area contributed by atoms with E-state index < -0.39 is 18.0 Å². The summed E-state index contributed by atoms with van der Waals surface area (Å²) in [7, 11) is 1.39. The van der Waals surface area contributed by atoms with Crippen molar-refractivity contribution in [2.75, 3.05) is 20.3 Å². The minimum absolute atomic E-state index is 0.0362. The maximum Gasteiger partial charge on any atom is 0.351 e. The predicted molar refractivity (Wildman–Crippen MR) is 51.8 cm³/mol. The van der Waals surface area contributed by atoms with Gasteiger partial charge in [-0.15, -0.1) is 0 Å². The number of ether oxygens (including phenoxy) is 3. The molecule has 0 aromatic rings. The number of hydrogen-bond donors (Lipinski definition) is 1. The largest absolute Gasteiger partial charge is 0.460 e. The lowest BCUT2D eigenvalue weighted by molar-refractivity contribution is -0.157. The third kappa shape index (κ3) is 5.79. The molecule has 0 aromatic carbocycles. The van der Waals surface area contributed by atoms with Crippen LogP contribution in [0, 0.1) is 5.41 Å². The van der Waals surface area contributed by atoms with E-state index in [1.807, 2.05) is 0 Å². The second-order valence-corrected chi connectivity index (χ2v) is 2.81. The van der Waals surface area contributed by atoms with Gasteiger partial charge < -0.3 is 14.2 Å². The molecule has 0 amide bonds. The Balaban J connectivity index is 3.59. The van der Waals surface area contributed by atoms with Gasteiger partial charge in [0.1, 0.15) is 18.9 Å². The molecule has 0 heterocycles. The summed E-state index contributed by atoms with van der Waals surface area (Å²) in [5.74, 6) is -1.23. The van der Waals surface area contributed by atoms with Gasteiger partial charge in [-0.1, -0.05) is 0 Å². The molecule has 0 aliphatic heterocycles. The van der Waals surface area contributed by atoms with E-state index in [2.05, 4.69) is 4.74 Å². The fraction of sp³-hybridized carbons (Fsp3) is 0.667. The van der Waals surface area contributed by atoms with Gasteiger partial charge in [0.2, 0.25) is 0 Å². The summed E-state index contributed by atoms with van der Waals surface area (Å²) < 4.78 is 14.0. The molecule has 15 heavy (non-hydrogen) atoms. The van der Waals surface area contributed by atoms with Crippen LogP contribution in [-0.2, 0) is 23.8 Å². The Morgan fingerprint density at radius 2 is 1.80 bits per heavy atom. The van der Waals surface area contributed by atoms with Crippen LogP contribution in [0.1, 0.15) is 13.8 Å². The molecule has 1 atom stereocenters. The van der Waals surface area contributed by atoms with E-state index in [1.165, 1.54) is 14.0 Å². The molecule has 0 fully saturated rings. The van der Waals surface area contributed by atoms with E-state index in [0.29, 0.717) is 0 Å². The normalized spacial score (nSPS) is 11.7. The van der Waals surface area contributed by atoms with E-state index in [-0.39, 0.29) is 18.9 Å². The van der Waals surface area contributed by atoms with Crippen molar-refractivity contribution in [1.29, 1.82) is 5.41 Å². The zero-order valence-corrected chi connectivity index (χ0v) is 9.03. The summed E-state index contributed by atoms with van der Waals surface area (Å²) in [6, 6.07) is 0. The fourth-order valence-corrected chi connectivity index (χ4v) is 0.598. The fourth-order valence-electron chi connectivity index (χ4n) is 0.598. The SMILES string of the molecule is COC(C)C(=O)OCCOC(=O)C(C)=N. The second-order valence-electron chi connectivity index (χ2n) is 2.81. The predicted octanol–water partition coefficient (Wildman–Crippen LogP) is 0.147. The molecule has 1 N–H and O–H groups in total. The Kier molecular flexibility index (Phi) is 6.28. The molecule has 0 aliphatic rings. The topological polar surface area (TPSA) is 85.7 Å². The smallest absolute Gasteiger partial charge is 0.351 e. The van der Waals surface area contributed by atoms with Crippen LogP contribution in [0.4, 0.5) is 0 Å². The maximum absolute atomic E-state index is 11.0. The second kappa shape index (κ2) is 6.94. The molecule has 0 aromatic heterocycles. The van der Waals surface area contributed by atoms with Crippen LogP contribution in [0.25, 0.3) is 0 Å². The van der Waals surface area contributed by atoms with Crippen molar-refractivity contribution >= 4 is 17.7 Å². The third-order valence-electron chi connectivity index (χ3n) is 1.55. The molecule has 0 rings (SSSR count). The first-order chi connectivity index (χ1) is 6.99. The molecule has 0 bridgehead atoms. The van der Waals surface area contributed by atoms with Gasteiger partial charge in [0.25, 0.3) is 0 Å². The van der Waals surface area contributed by atoms with Gasteiger partial charge in [0.15, 0.2) is 6.10 Å². The molecule has 0 saturated carbocycles. The molecule has 0 spiro atoms. The highest BCUT2D eigenvalue weighted by atomic mass is 16.6. The van der Waals surface area contributed by atoms with Crippen LogP contribution in [0.2, 0.25) is 0 Å². The third-order valence-corrected chi connectivity index (χ3v) is 1.55. The van der Waals surface area contributed by atoms with Gasteiger partial charge in [-0.3, -0.25) is 5.41 Å². The van der Waals surface area contributed by atoms with Crippen molar-refractivity contribution in [3.8, 4) is 0 Å². The number of carbonyl (C=O) groups is 2. The van der Waals surface area contributed by atoms with E-state index >= 15 is 0 Å². The van der Waals surface area contributed by atoms with Gasteiger partial charge in [-0.2, -0.15) is 0 Å². The highest BCUT2D eigenvalue weighted by Gasteiger charge is 2.13. The van der Waals surface area contributed by atoms with Crippen LogP contribution in [0.3, 0.4) is 0 Å². The number of methoxy groups -OCH3 is 1. The summed E-state index contributed by atoms with van der Waals surface area (Å²) >= 11 is 0. The molecule has 0 saturated heterocycles. The molecule has 0 aliphatic carbocycles. The van der Waals surface area contributed by atoms with Crippen molar-refractivity contribution in [3.63, 3.8) is 0 Å². The average molecular weight is 217 g/mol. The minimum atomic E-state index is -0.717. The van der Waals surface area contributed by atoms with Gasteiger partial charge in [-0.05, 0) is 13.8 Å². The van der Waals surface area contributed by atoms with Gasteiger partial charge >= 0.3 is 11.9 Å². The Hall–Kier alpha value is -1.43. The molecule has 86 valence electrons.